The molecule has 0 aliphatic heterocycles. The molecule has 0 bridgehead atoms. The Labute approximate surface area is 102 Å². The van der Waals surface area contributed by atoms with E-state index in [0.717, 1.165) is 12.3 Å². The lowest BCUT2D eigenvalue weighted by atomic mass is 9.83. The lowest BCUT2D eigenvalue weighted by molar-refractivity contribution is -0.146. The van der Waals surface area contributed by atoms with E-state index >= 15 is 0 Å². The zero-order valence-electron chi connectivity index (χ0n) is 10.5. The predicted octanol–water partition coefficient (Wildman–Crippen LogP) is 0.871. The van der Waals surface area contributed by atoms with Gasteiger partial charge in [0.05, 0.1) is 13.7 Å². The number of methoxy groups -OCH3 is 1. The molecule has 0 heterocycles. The molecule has 1 saturated carbocycles. The molecule has 1 N–H and O–H groups in total. The molecule has 1 aliphatic carbocycles. The number of amides is 1. The normalized spacial score (nSPS) is 17.1. The minimum atomic E-state index is -0.695. The number of nitrogens with one attached hydrogen (secondary N) is 1. The Morgan fingerprint density at radius 2 is 2.12 bits per heavy atom. The van der Waals surface area contributed by atoms with Gasteiger partial charge in [-0.1, -0.05) is 19.3 Å². The van der Waals surface area contributed by atoms with Crippen molar-refractivity contribution in [3.63, 3.8) is 0 Å². The first-order chi connectivity index (χ1) is 8.13. The van der Waals surface area contributed by atoms with Crippen molar-refractivity contribution in [3.8, 4) is 0 Å². The summed E-state index contributed by atoms with van der Waals surface area (Å²) in [4.78, 5) is 22.2. The highest BCUT2D eigenvalue weighted by atomic mass is 16.5. The molecule has 1 rings (SSSR count). The van der Waals surface area contributed by atoms with E-state index in [1.807, 2.05) is 0 Å². The molecule has 0 aromatic rings. The molecule has 1 amide bonds. The monoisotopic (exact) mass is 243 g/mol. The fourth-order valence-corrected chi connectivity index (χ4v) is 1.79. The smallest absolute Gasteiger partial charge is 0.330 e. The third-order valence-corrected chi connectivity index (χ3v) is 3.04. The molecule has 17 heavy (non-hydrogen) atoms. The highest BCUT2D eigenvalue weighted by Gasteiger charge is 2.21. The first-order valence-corrected chi connectivity index (χ1v) is 6.06. The summed E-state index contributed by atoms with van der Waals surface area (Å²) in [5, 5.41) is 2.51. The van der Waals surface area contributed by atoms with Crippen LogP contribution >= 0.6 is 0 Å². The Balaban J connectivity index is 2.17. The van der Waals surface area contributed by atoms with Crippen molar-refractivity contribution in [2.24, 2.45) is 5.92 Å². The van der Waals surface area contributed by atoms with Gasteiger partial charge in [0.25, 0.3) is 0 Å². The molecule has 0 aromatic heterocycles. The van der Waals surface area contributed by atoms with E-state index in [-0.39, 0.29) is 12.5 Å². The topological polar surface area (TPSA) is 64.6 Å². The number of hydrogen-bond acceptors (Lipinski definition) is 4. The average molecular weight is 243 g/mol. The summed E-state index contributed by atoms with van der Waals surface area (Å²) in [6, 6.07) is -0.695. The van der Waals surface area contributed by atoms with Crippen molar-refractivity contribution >= 4 is 11.9 Å². The van der Waals surface area contributed by atoms with Gasteiger partial charge in [0.2, 0.25) is 5.91 Å². The summed E-state index contributed by atoms with van der Waals surface area (Å²) >= 11 is 0. The Bertz CT molecular complexity index is 263. The van der Waals surface area contributed by atoms with Gasteiger partial charge < -0.3 is 14.8 Å². The first kappa shape index (κ1) is 14.0. The molecule has 0 aromatic carbocycles. The zero-order valence-corrected chi connectivity index (χ0v) is 10.5. The molecule has 98 valence electrons. The number of rotatable bonds is 7. The van der Waals surface area contributed by atoms with Crippen LogP contribution in [0.15, 0.2) is 0 Å². The van der Waals surface area contributed by atoms with Crippen molar-refractivity contribution in [1.82, 2.24) is 5.32 Å². The molecule has 1 aliphatic rings. The lowest BCUT2D eigenvalue weighted by Crippen LogP contribution is -2.43. The highest BCUT2D eigenvalue weighted by molar-refractivity contribution is 5.83. The van der Waals surface area contributed by atoms with Crippen molar-refractivity contribution in [2.45, 2.75) is 38.6 Å². The molecule has 1 unspecified atom stereocenters. The predicted molar refractivity (Wildman–Crippen MR) is 62.4 cm³/mol. The fraction of sp³-hybridized carbons (Fsp3) is 0.833. The number of hydrogen-bond donors (Lipinski definition) is 1. The number of carbonyl (C=O) groups excluding carboxylic acids is 2. The average Bonchev–Trinajstić information content (AvgIpc) is 2.23. The summed E-state index contributed by atoms with van der Waals surface area (Å²) in [6.07, 6.45) is 4.93. The Hall–Kier alpha value is -1.10. The number of ether oxygens (including phenoxy) is 2. The van der Waals surface area contributed by atoms with Crippen LogP contribution in [0.1, 0.15) is 32.6 Å². The van der Waals surface area contributed by atoms with Crippen LogP contribution < -0.4 is 5.32 Å². The Morgan fingerprint density at radius 3 is 2.59 bits per heavy atom. The van der Waals surface area contributed by atoms with Gasteiger partial charge in [0.15, 0.2) is 6.04 Å². The quantitative estimate of drug-likeness (QED) is 0.532. The maximum absolute atomic E-state index is 11.3. The number of esters is 1. The highest BCUT2D eigenvalue weighted by Crippen LogP contribution is 2.29. The zero-order chi connectivity index (χ0) is 12.7. The van der Waals surface area contributed by atoms with Crippen LogP contribution in [0.5, 0.6) is 0 Å². The van der Waals surface area contributed by atoms with E-state index in [2.05, 4.69) is 10.1 Å². The van der Waals surface area contributed by atoms with Gasteiger partial charge >= 0.3 is 5.97 Å². The van der Waals surface area contributed by atoms with E-state index in [9.17, 15) is 9.59 Å². The van der Waals surface area contributed by atoms with Gasteiger partial charge in [-0.3, -0.25) is 4.79 Å². The van der Waals surface area contributed by atoms with E-state index < -0.39 is 12.0 Å². The molecule has 0 spiro atoms. The standard InChI is InChI=1S/C12H21NO4/c1-9(14)13-11(12(15)16-2)8-17-7-6-10-4-3-5-10/h10-11H,3-8H2,1-2H3,(H,13,14). The van der Waals surface area contributed by atoms with Crippen LogP contribution in [0.2, 0.25) is 0 Å². The molecular weight excluding hydrogens is 222 g/mol. The van der Waals surface area contributed by atoms with Gasteiger partial charge in [0.1, 0.15) is 0 Å². The largest absolute Gasteiger partial charge is 0.467 e. The van der Waals surface area contributed by atoms with Crippen LogP contribution in [0.25, 0.3) is 0 Å². The number of carbonyl (C=O) groups is 2. The van der Waals surface area contributed by atoms with Gasteiger partial charge in [-0.05, 0) is 12.3 Å². The minimum Gasteiger partial charge on any atom is -0.467 e. The molecule has 1 fully saturated rings. The second-order valence-corrected chi connectivity index (χ2v) is 4.44. The summed E-state index contributed by atoms with van der Waals surface area (Å²) in [7, 11) is 1.30. The van der Waals surface area contributed by atoms with Gasteiger partial charge in [-0.2, -0.15) is 0 Å². The molecule has 0 saturated heterocycles. The van der Waals surface area contributed by atoms with Gasteiger partial charge in [-0.15, -0.1) is 0 Å². The van der Waals surface area contributed by atoms with Crippen LogP contribution in [-0.4, -0.2) is 38.2 Å². The van der Waals surface area contributed by atoms with Gasteiger partial charge in [-0.25, -0.2) is 4.79 Å². The molecule has 1 atom stereocenters. The maximum atomic E-state index is 11.3. The summed E-state index contributed by atoms with van der Waals surface area (Å²) < 4.78 is 10.0. The summed E-state index contributed by atoms with van der Waals surface area (Å²) in [5.74, 6) is 0.0548. The van der Waals surface area contributed by atoms with Gasteiger partial charge in [0, 0.05) is 13.5 Å². The van der Waals surface area contributed by atoms with Crippen LogP contribution in [0.3, 0.4) is 0 Å². The first-order valence-electron chi connectivity index (χ1n) is 6.06. The second-order valence-electron chi connectivity index (χ2n) is 4.44. The Kier molecular flexibility index (Phi) is 5.97. The molecule has 0 radical (unpaired) electrons. The van der Waals surface area contributed by atoms with Crippen molar-refractivity contribution in [2.75, 3.05) is 20.3 Å². The third-order valence-electron chi connectivity index (χ3n) is 3.04. The molecule has 5 nitrogen and oxygen atoms in total. The molecular formula is C12H21NO4. The third kappa shape index (κ3) is 5.17. The maximum Gasteiger partial charge on any atom is 0.330 e. The second kappa shape index (κ2) is 7.27. The van der Waals surface area contributed by atoms with Crippen molar-refractivity contribution in [1.29, 1.82) is 0 Å². The molecule has 5 heteroatoms. The minimum absolute atomic E-state index is 0.180. The lowest BCUT2D eigenvalue weighted by Gasteiger charge is -2.25. The Morgan fingerprint density at radius 1 is 1.41 bits per heavy atom. The van der Waals surface area contributed by atoms with E-state index in [0.29, 0.717) is 6.61 Å². The van der Waals surface area contributed by atoms with E-state index in [1.54, 1.807) is 0 Å². The van der Waals surface area contributed by atoms with Crippen molar-refractivity contribution in [3.05, 3.63) is 0 Å². The van der Waals surface area contributed by atoms with Crippen LogP contribution in [0, 0.1) is 5.92 Å². The van der Waals surface area contributed by atoms with E-state index in [1.165, 1.54) is 33.3 Å². The fourth-order valence-electron chi connectivity index (χ4n) is 1.79. The summed E-state index contributed by atoms with van der Waals surface area (Å²) in [5.41, 5.74) is 0. The summed E-state index contributed by atoms with van der Waals surface area (Å²) in [6.45, 7) is 2.18. The van der Waals surface area contributed by atoms with Crippen molar-refractivity contribution < 1.29 is 19.1 Å². The SMILES string of the molecule is COC(=O)C(COCCC1CCC1)NC(C)=O. The van der Waals surface area contributed by atoms with E-state index in [4.69, 9.17) is 4.74 Å². The van der Waals surface area contributed by atoms with Crippen LogP contribution in [-0.2, 0) is 19.1 Å². The van der Waals surface area contributed by atoms with Crippen LogP contribution in [0.4, 0.5) is 0 Å².